The second kappa shape index (κ2) is 8.07. The molecule has 120 valence electrons. The fraction of sp³-hybridized carbons (Fsp3) is 0.125. The minimum absolute atomic E-state index is 0.000341. The summed E-state index contributed by atoms with van der Waals surface area (Å²) in [6.45, 7) is 0. The van der Waals surface area contributed by atoms with Gasteiger partial charge in [-0.15, -0.1) is 11.8 Å². The maximum atomic E-state index is 11.9. The molecular formula is C16H11ClN4OS2. The van der Waals surface area contributed by atoms with Crippen LogP contribution in [0.3, 0.4) is 0 Å². The maximum Gasteiger partial charge on any atom is 0.235 e. The van der Waals surface area contributed by atoms with Crippen LogP contribution in [0.25, 0.3) is 0 Å². The molecule has 0 bridgehead atoms. The number of halogens is 1. The predicted molar refractivity (Wildman–Crippen MR) is 94.7 cm³/mol. The number of nitrogens with two attached hydrogens (primary N) is 1. The van der Waals surface area contributed by atoms with E-state index in [1.54, 1.807) is 30.5 Å². The number of primary amides is 1. The molecule has 0 saturated carbocycles. The first-order valence-corrected chi connectivity index (χ1v) is 9.10. The Balaban J connectivity index is 2.56. The largest absolute Gasteiger partial charge is 0.368 e. The number of carbonyl (C=O) groups excluding carboxylic acids is 1. The second-order valence-corrected chi connectivity index (χ2v) is 6.79. The lowest BCUT2D eigenvalue weighted by Gasteiger charge is -2.15. The lowest BCUT2D eigenvalue weighted by atomic mass is 10.1. The van der Waals surface area contributed by atoms with Gasteiger partial charge in [-0.3, -0.25) is 4.79 Å². The molecule has 8 heteroatoms. The van der Waals surface area contributed by atoms with Crippen molar-refractivity contribution in [2.45, 2.75) is 15.2 Å². The normalized spacial score (nSPS) is 11.3. The number of nitriles is 2. The zero-order chi connectivity index (χ0) is 17.7. The minimum Gasteiger partial charge on any atom is -0.368 e. The molecule has 1 aromatic heterocycles. The van der Waals surface area contributed by atoms with Gasteiger partial charge >= 0.3 is 0 Å². The number of amides is 1. The van der Waals surface area contributed by atoms with Gasteiger partial charge in [-0.1, -0.05) is 53.7 Å². The number of nitrogens with zero attached hydrogens (tertiary/aromatic N) is 3. The van der Waals surface area contributed by atoms with Crippen LogP contribution >= 0.6 is 35.1 Å². The van der Waals surface area contributed by atoms with Gasteiger partial charge < -0.3 is 5.73 Å². The molecule has 2 rings (SSSR count). The third kappa shape index (κ3) is 3.65. The first kappa shape index (κ1) is 18.2. The van der Waals surface area contributed by atoms with Crippen LogP contribution in [-0.2, 0) is 4.79 Å². The lowest BCUT2D eigenvalue weighted by molar-refractivity contribution is -0.117. The number of pyridine rings is 1. The van der Waals surface area contributed by atoms with Crippen LogP contribution in [0.1, 0.15) is 21.9 Å². The van der Waals surface area contributed by atoms with Crippen molar-refractivity contribution >= 4 is 41.0 Å². The quantitative estimate of drug-likeness (QED) is 0.634. The van der Waals surface area contributed by atoms with Gasteiger partial charge in [0.25, 0.3) is 0 Å². The Bertz CT molecular complexity index is 859. The van der Waals surface area contributed by atoms with Gasteiger partial charge in [-0.2, -0.15) is 10.5 Å². The van der Waals surface area contributed by atoms with Crippen LogP contribution in [0.2, 0.25) is 5.15 Å². The van der Waals surface area contributed by atoms with Gasteiger partial charge in [-0.25, -0.2) is 4.98 Å². The van der Waals surface area contributed by atoms with Crippen molar-refractivity contribution in [3.05, 3.63) is 52.2 Å². The Kier molecular flexibility index (Phi) is 6.10. The van der Waals surface area contributed by atoms with E-state index in [1.807, 2.05) is 18.2 Å². The fourth-order valence-electron chi connectivity index (χ4n) is 2.03. The Labute approximate surface area is 152 Å². The zero-order valence-corrected chi connectivity index (χ0v) is 14.9. The summed E-state index contributed by atoms with van der Waals surface area (Å²) in [7, 11) is 0. The minimum atomic E-state index is -0.718. The maximum absolute atomic E-state index is 11.9. The molecular weight excluding hydrogens is 364 g/mol. The number of thioether (sulfide) groups is 2. The van der Waals surface area contributed by atoms with Crippen LogP contribution in [0.4, 0.5) is 0 Å². The highest BCUT2D eigenvalue weighted by molar-refractivity contribution is 8.00. The van der Waals surface area contributed by atoms with Crippen LogP contribution in [-0.4, -0.2) is 17.1 Å². The van der Waals surface area contributed by atoms with Crippen molar-refractivity contribution < 1.29 is 4.79 Å². The molecule has 1 aromatic carbocycles. The summed E-state index contributed by atoms with van der Waals surface area (Å²) >= 11 is 8.35. The van der Waals surface area contributed by atoms with Gasteiger partial charge in [0.2, 0.25) is 5.91 Å². The van der Waals surface area contributed by atoms with Crippen molar-refractivity contribution in [1.82, 2.24) is 4.98 Å². The number of rotatable bonds is 5. The Hall–Kier alpha value is -2.19. The van der Waals surface area contributed by atoms with E-state index >= 15 is 0 Å². The summed E-state index contributed by atoms with van der Waals surface area (Å²) in [6.07, 6.45) is 1.74. The molecule has 1 amide bonds. The Morgan fingerprint density at radius 3 is 2.38 bits per heavy atom. The highest BCUT2D eigenvalue weighted by atomic mass is 35.5. The molecule has 2 N–H and O–H groups in total. The smallest absolute Gasteiger partial charge is 0.235 e. The van der Waals surface area contributed by atoms with Crippen LogP contribution in [0, 0.1) is 22.7 Å². The average Bonchev–Trinajstić information content (AvgIpc) is 2.59. The number of hydrogen-bond acceptors (Lipinski definition) is 6. The molecule has 0 aliphatic carbocycles. The Morgan fingerprint density at radius 2 is 1.88 bits per heavy atom. The van der Waals surface area contributed by atoms with Crippen molar-refractivity contribution in [3.63, 3.8) is 0 Å². The molecule has 24 heavy (non-hydrogen) atoms. The topological polar surface area (TPSA) is 104 Å². The van der Waals surface area contributed by atoms with Crippen molar-refractivity contribution in [3.8, 4) is 12.1 Å². The Morgan fingerprint density at radius 1 is 1.25 bits per heavy atom. The van der Waals surface area contributed by atoms with Crippen molar-refractivity contribution in [2.24, 2.45) is 5.73 Å². The number of benzene rings is 1. The third-order valence-corrected chi connectivity index (χ3v) is 5.44. The van der Waals surface area contributed by atoms with Gasteiger partial charge in [0.05, 0.1) is 5.56 Å². The predicted octanol–water partition coefficient (Wildman–Crippen LogP) is 3.52. The molecule has 0 aliphatic rings. The molecule has 1 heterocycles. The monoisotopic (exact) mass is 374 g/mol. The van der Waals surface area contributed by atoms with E-state index in [0.29, 0.717) is 10.5 Å². The van der Waals surface area contributed by atoms with Crippen molar-refractivity contribution in [1.29, 1.82) is 10.5 Å². The molecule has 5 nitrogen and oxygen atoms in total. The SMILES string of the molecule is CSc1c(C#N)c(Cl)nc(SC(C(N)=O)c2ccccc2)c1C#N. The van der Waals surface area contributed by atoms with Crippen LogP contribution in [0.15, 0.2) is 40.3 Å². The molecule has 0 spiro atoms. The van der Waals surface area contributed by atoms with E-state index in [2.05, 4.69) is 4.98 Å². The standard InChI is InChI=1S/C16H11ClN4OS2/c1-23-13-10(7-18)14(17)21-16(11(13)8-19)24-12(15(20)22)9-5-3-2-4-6-9/h2-6,12H,1H3,(H2,20,22). The van der Waals surface area contributed by atoms with Crippen LogP contribution in [0.5, 0.6) is 0 Å². The van der Waals surface area contributed by atoms with Gasteiger partial charge in [0.15, 0.2) is 0 Å². The first-order valence-electron chi connectivity index (χ1n) is 6.62. The lowest BCUT2D eigenvalue weighted by Crippen LogP contribution is -2.19. The van der Waals surface area contributed by atoms with Crippen molar-refractivity contribution in [2.75, 3.05) is 6.26 Å². The molecule has 0 fully saturated rings. The first-order chi connectivity index (χ1) is 11.5. The van der Waals surface area contributed by atoms with Crippen LogP contribution < -0.4 is 5.73 Å². The summed E-state index contributed by atoms with van der Waals surface area (Å²) in [5.74, 6) is -0.553. The van der Waals surface area contributed by atoms with E-state index in [1.165, 1.54) is 11.8 Å². The molecule has 2 aromatic rings. The van der Waals surface area contributed by atoms with Gasteiger partial charge in [-0.05, 0) is 11.8 Å². The van der Waals surface area contributed by atoms with E-state index in [4.69, 9.17) is 17.3 Å². The number of carbonyl (C=O) groups is 1. The summed E-state index contributed by atoms with van der Waals surface area (Å²) < 4.78 is 0. The highest BCUT2D eigenvalue weighted by Gasteiger charge is 2.25. The molecule has 0 radical (unpaired) electrons. The van der Waals surface area contributed by atoms with E-state index < -0.39 is 11.2 Å². The number of aromatic nitrogens is 1. The fourth-order valence-corrected chi connectivity index (χ4v) is 4.16. The molecule has 0 aliphatic heterocycles. The molecule has 1 atom stereocenters. The van der Waals surface area contributed by atoms with E-state index in [0.717, 1.165) is 11.8 Å². The van der Waals surface area contributed by atoms with Gasteiger partial charge in [0, 0.05) is 4.90 Å². The second-order valence-electron chi connectivity index (χ2n) is 4.53. The average molecular weight is 375 g/mol. The highest BCUT2D eigenvalue weighted by Crippen LogP contribution is 2.40. The summed E-state index contributed by atoms with van der Waals surface area (Å²) in [6, 6.07) is 13.0. The summed E-state index contributed by atoms with van der Waals surface area (Å²) in [5.41, 5.74) is 6.58. The van der Waals surface area contributed by atoms with Gasteiger partial charge in [0.1, 0.15) is 33.1 Å². The third-order valence-electron chi connectivity index (χ3n) is 3.09. The molecule has 0 saturated heterocycles. The van der Waals surface area contributed by atoms with E-state index in [-0.39, 0.29) is 21.3 Å². The summed E-state index contributed by atoms with van der Waals surface area (Å²) in [4.78, 5) is 16.4. The zero-order valence-electron chi connectivity index (χ0n) is 12.5. The molecule has 1 unspecified atom stereocenters. The van der Waals surface area contributed by atoms with E-state index in [9.17, 15) is 15.3 Å². The number of hydrogen-bond donors (Lipinski definition) is 1. The summed E-state index contributed by atoms with van der Waals surface area (Å²) in [5, 5.41) is 18.2.